The molecule has 0 atom stereocenters. The monoisotopic (exact) mass is 441 g/mol. The minimum absolute atomic E-state index is 0.130. The van der Waals surface area contributed by atoms with E-state index in [-0.39, 0.29) is 18.2 Å². The van der Waals surface area contributed by atoms with Gasteiger partial charge in [0, 0.05) is 24.2 Å². The van der Waals surface area contributed by atoms with E-state index in [1.54, 1.807) is 50.2 Å². The molecule has 2 heterocycles. The number of thiophene rings is 1. The van der Waals surface area contributed by atoms with Crippen molar-refractivity contribution in [3.05, 3.63) is 69.2 Å². The maximum atomic E-state index is 12.8. The Morgan fingerprint density at radius 2 is 1.71 bits per heavy atom. The van der Waals surface area contributed by atoms with Crippen LogP contribution in [0.3, 0.4) is 0 Å². The molecule has 2 amide bonds. The van der Waals surface area contributed by atoms with Gasteiger partial charge in [0.1, 0.15) is 12.3 Å². The van der Waals surface area contributed by atoms with Crippen molar-refractivity contribution in [2.45, 2.75) is 13.8 Å². The van der Waals surface area contributed by atoms with Crippen molar-refractivity contribution < 1.29 is 23.9 Å². The highest BCUT2D eigenvalue weighted by molar-refractivity contribution is 7.12. The fraction of sp³-hybridized carbons (Fsp3) is 0.227. The van der Waals surface area contributed by atoms with E-state index in [0.717, 1.165) is 0 Å². The number of aromatic nitrogens is 1. The number of hydrogen-bond donors (Lipinski definition) is 3. The number of nitrogens with one attached hydrogen (secondary N) is 3. The first-order valence-corrected chi connectivity index (χ1v) is 10.4. The second-order valence-electron chi connectivity index (χ2n) is 6.72. The number of amides is 2. The van der Waals surface area contributed by atoms with E-state index in [1.165, 1.54) is 18.4 Å². The van der Waals surface area contributed by atoms with Crippen LogP contribution in [0.4, 0.5) is 11.4 Å². The van der Waals surface area contributed by atoms with E-state index in [4.69, 9.17) is 9.47 Å². The third kappa shape index (κ3) is 5.39. The Hall–Kier alpha value is -3.43. The summed E-state index contributed by atoms with van der Waals surface area (Å²) in [5.74, 6) is -1.13. The average molecular weight is 442 g/mol. The van der Waals surface area contributed by atoms with Gasteiger partial charge in [-0.25, -0.2) is 4.79 Å². The van der Waals surface area contributed by atoms with Crippen LogP contribution in [0.25, 0.3) is 0 Å². The fourth-order valence-electron chi connectivity index (χ4n) is 3.04. The second-order valence-corrected chi connectivity index (χ2v) is 7.67. The summed E-state index contributed by atoms with van der Waals surface area (Å²) >= 11 is 1.35. The van der Waals surface area contributed by atoms with Crippen LogP contribution in [0.2, 0.25) is 0 Å². The van der Waals surface area contributed by atoms with E-state index in [1.807, 2.05) is 5.38 Å². The van der Waals surface area contributed by atoms with Crippen molar-refractivity contribution in [2.24, 2.45) is 0 Å². The summed E-state index contributed by atoms with van der Waals surface area (Å²) < 4.78 is 10.0. The number of anilines is 2. The van der Waals surface area contributed by atoms with Crippen LogP contribution in [-0.4, -0.2) is 43.1 Å². The number of esters is 1. The summed E-state index contributed by atoms with van der Waals surface area (Å²) in [5.41, 5.74) is 2.70. The number of rotatable bonds is 8. The van der Waals surface area contributed by atoms with E-state index < -0.39 is 11.9 Å². The van der Waals surface area contributed by atoms with Gasteiger partial charge in [-0.1, -0.05) is 12.1 Å². The summed E-state index contributed by atoms with van der Waals surface area (Å²) in [6.07, 6.45) is 0. The zero-order valence-electron chi connectivity index (χ0n) is 17.4. The predicted molar refractivity (Wildman–Crippen MR) is 119 cm³/mol. The summed E-state index contributed by atoms with van der Waals surface area (Å²) in [6, 6.07) is 10.4. The molecule has 3 aromatic rings. The summed E-state index contributed by atoms with van der Waals surface area (Å²) in [7, 11) is 1.52. The van der Waals surface area contributed by atoms with Crippen molar-refractivity contribution in [1.82, 2.24) is 4.98 Å². The normalized spacial score (nSPS) is 10.5. The van der Waals surface area contributed by atoms with Crippen LogP contribution in [0.1, 0.15) is 41.8 Å². The Morgan fingerprint density at radius 1 is 1.00 bits per heavy atom. The molecule has 0 radical (unpaired) electrons. The second kappa shape index (κ2) is 10.1. The van der Waals surface area contributed by atoms with Crippen molar-refractivity contribution >= 4 is 40.5 Å². The van der Waals surface area contributed by atoms with Gasteiger partial charge in [0.15, 0.2) is 0 Å². The lowest BCUT2D eigenvalue weighted by atomic mass is 10.1. The van der Waals surface area contributed by atoms with Crippen molar-refractivity contribution in [2.75, 3.05) is 31.0 Å². The number of ether oxygens (including phenoxy) is 2. The van der Waals surface area contributed by atoms with E-state index in [9.17, 15) is 14.4 Å². The number of aromatic amines is 1. The zero-order valence-corrected chi connectivity index (χ0v) is 18.2. The Balaban J connectivity index is 1.71. The summed E-state index contributed by atoms with van der Waals surface area (Å²) in [5, 5.41) is 7.42. The molecule has 3 N–H and O–H groups in total. The molecule has 1 aromatic carbocycles. The molecule has 0 spiro atoms. The highest BCUT2D eigenvalue weighted by Gasteiger charge is 2.23. The molecule has 0 saturated heterocycles. The van der Waals surface area contributed by atoms with Gasteiger partial charge in [0.25, 0.3) is 11.8 Å². The van der Waals surface area contributed by atoms with Crippen molar-refractivity contribution in [3.8, 4) is 0 Å². The van der Waals surface area contributed by atoms with Gasteiger partial charge in [-0.15, -0.1) is 11.3 Å². The molecule has 0 saturated carbocycles. The molecule has 162 valence electrons. The lowest BCUT2D eigenvalue weighted by molar-refractivity contribution is 0.0386. The Kier molecular flexibility index (Phi) is 7.22. The van der Waals surface area contributed by atoms with Gasteiger partial charge >= 0.3 is 5.97 Å². The molecular formula is C22H23N3O5S. The molecule has 0 aliphatic rings. The van der Waals surface area contributed by atoms with Gasteiger partial charge in [-0.3, -0.25) is 9.59 Å². The van der Waals surface area contributed by atoms with Gasteiger partial charge in [0.2, 0.25) is 0 Å². The third-order valence-electron chi connectivity index (χ3n) is 4.51. The molecule has 0 aliphatic carbocycles. The SMILES string of the molecule is COCCOC(=O)c1c(C)[nH]c(C(=O)Nc2cccc(NC(=O)c3cccs3)c2)c1C. The number of H-pyrrole nitrogens is 1. The Labute approximate surface area is 183 Å². The molecule has 0 fully saturated rings. The smallest absolute Gasteiger partial charge is 0.340 e. The lowest BCUT2D eigenvalue weighted by Gasteiger charge is -2.08. The Bertz CT molecular complexity index is 1090. The van der Waals surface area contributed by atoms with Gasteiger partial charge in [-0.2, -0.15) is 0 Å². The molecular weight excluding hydrogens is 418 g/mol. The quantitative estimate of drug-likeness (QED) is 0.362. The molecule has 2 aromatic heterocycles. The molecule has 9 heteroatoms. The first-order chi connectivity index (χ1) is 14.9. The number of aryl methyl sites for hydroxylation is 1. The van der Waals surface area contributed by atoms with Crippen molar-refractivity contribution in [1.29, 1.82) is 0 Å². The van der Waals surface area contributed by atoms with Crippen LogP contribution in [0, 0.1) is 13.8 Å². The van der Waals surface area contributed by atoms with Crippen LogP contribution in [-0.2, 0) is 9.47 Å². The number of carbonyl (C=O) groups is 3. The zero-order chi connectivity index (χ0) is 22.4. The topological polar surface area (TPSA) is 110 Å². The first kappa shape index (κ1) is 22.3. The molecule has 0 bridgehead atoms. The molecule has 8 nitrogen and oxygen atoms in total. The van der Waals surface area contributed by atoms with E-state index >= 15 is 0 Å². The fourth-order valence-corrected chi connectivity index (χ4v) is 3.66. The summed E-state index contributed by atoms with van der Waals surface area (Å²) in [6.45, 7) is 3.81. The Morgan fingerprint density at radius 3 is 2.35 bits per heavy atom. The van der Waals surface area contributed by atoms with Gasteiger partial charge in [0.05, 0.1) is 17.0 Å². The largest absolute Gasteiger partial charge is 0.460 e. The molecule has 31 heavy (non-hydrogen) atoms. The van der Waals surface area contributed by atoms with Gasteiger partial charge < -0.3 is 25.1 Å². The number of carbonyl (C=O) groups excluding carboxylic acids is 3. The molecule has 0 aliphatic heterocycles. The van der Waals surface area contributed by atoms with Crippen molar-refractivity contribution in [3.63, 3.8) is 0 Å². The van der Waals surface area contributed by atoms with Crippen LogP contribution < -0.4 is 10.6 Å². The van der Waals surface area contributed by atoms with E-state index in [0.29, 0.717) is 39.7 Å². The number of methoxy groups -OCH3 is 1. The highest BCUT2D eigenvalue weighted by Crippen LogP contribution is 2.22. The highest BCUT2D eigenvalue weighted by atomic mass is 32.1. The van der Waals surface area contributed by atoms with Crippen LogP contribution >= 0.6 is 11.3 Å². The standard InChI is InChI=1S/C22H23N3O5S/c1-13-18(22(28)30-10-9-29-3)14(2)23-19(13)21(27)25-16-7-4-6-15(12-16)24-20(26)17-8-5-11-31-17/h4-8,11-12,23H,9-10H2,1-3H3,(H,24,26)(H,25,27). The van der Waals surface area contributed by atoms with E-state index in [2.05, 4.69) is 15.6 Å². The maximum Gasteiger partial charge on any atom is 0.340 e. The van der Waals surface area contributed by atoms with Crippen LogP contribution in [0.5, 0.6) is 0 Å². The average Bonchev–Trinajstić information content (AvgIpc) is 3.36. The first-order valence-electron chi connectivity index (χ1n) is 9.52. The number of benzene rings is 1. The lowest BCUT2D eigenvalue weighted by Crippen LogP contribution is -2.15. The maximum absolute atomic E-state index is 12.8. The van der Waals surface area contributed by atoms with Crippen LogP contribution in [0.15, 0.2) is 41.8 Å². The number of hydrogen-bond acceptors (Lipinski definition) is 6. The third-order valence-corrected chi connectivity index (χ3v) is 5.38. The predicted octanol–water partition coefficient (Wildman–Crippen LogP) is 4.00. The summed E-state index contributed by atoms with van der Waals surface area (Å²) in [4.78, 5) is 40.9. The minimum Gasteiger partial charge on any atom is -0.460 e. The molecule has 0 unspecified atom stereocenters. The van der Waals surface area contributed by atoms with Gasteiger partial charge in [-0.05, 0) is 49.1 Å². The minimum atomic E-state index is -0.513. The molecule has 3 rings (SSSR count).